The lowest BCUT2D eigenvalue weighted by Crippen LogP contribution is -2.40. The molecule has 16 heavy (non-hydrogen) atoms. The third-order valence-electron chi connectivity index (χ3n) is 2.49. The molecule has 1 unspecified atom stereocenters. The molecule has 0 aliphatic carbocycles. The smallest absolute Gasteiger partial charge is 0.294 e. The lowest BCUT2D eigenvalue weighted by atomic mass is 9.96. The highest BCUT2D eigenvalue weighted by Crippen LogP contribution is 2.19. The molecule has 0 saturated heterocycles. The fourth-order valence-electron chi connectivity index (χ4n) is 1.34. The van der Waals surface area contributed by atoms with Crippen LogP contribution in [0.3, 0.4) is 0 Å². The van der Waals surface area contributed by atoms with Crippen LogP contribution in [-0.4, -0.2) is 22.2 Å². The second kappa shape index (κ2) is 6.97. The Hall–Kier alpha value is -1.40. The van der Waals surface area contributed by atoms with Crippen LogP contribution in [0.2, 0.25) is 0 Å². The van der Waals surface area contributed by atoms with Gasteiger partial charge in [-0.3, -0.25) is 10.1 Å². The molecular formula is C9H18N2O5. The minimum absolute atomic E-state index is 0.299. The average molecular weight is 234 g/mol. The number of nitro groups is 1. The van der Waals surface area contributed by atoms with E-state index in [1.165, 1.54) is 6.92 Å². The molecule has 1 atom stereocenters. The van der Waals surface area contributed by atoms with Crippen molar-refractivity contribution in [2.24, 2.45) is 0 Å². The molecule has 0 saturated carbocycles. The van der Waals surface area contributed by atoms with Gasteiger partial charge < -0.3 is 4.84 Å². The van der Waals surface area contributed by atoms with E-state index < -0.39 is 22.2 Å². The van der Waals surface area contributed by atoms with E-state index >= 15 is 0 Å². The first-order valence-electron chi connectivity index (χ1n) is 5.34. The van der Waals surface area contributed by atoms with Crippen molar-refractivity contribution in [1.29, 1.82) is 0 Å². The number of nitrogens with zero attached hydrogens (tertiary/aromatic N) is 2. The Bertz CT molecular complexity index is 246. The predicted molar refractivity (Wildman–Crippen MR) is 57.1 cm³/mol. The average Bonchev–Trinajstić information content (AvgIpc) is 2.21. The standard InChI is InChI=1S/C9H18N2O5/c1-3-4-5-6-7-9(2,10(12)13)8-16-11(14)15/h3-8H2,1-2H3. The fourth-order valence-corrected chi connectivity index (χ4v) is 1.34. The van der Waals surface area contributed by atoms with E-state index in [1.807, 2.05) is 6.92 Å². The Kier molecular flexibility index (Phi) is 6.36. The zero-order valence-electron chi connectivity index (χ0n) is 9.68. The second-order valence-electron chi connectivity index (χ2n) is 4.06. The van der Waals surface area contributed by atoms with Crippen LogP contribution in [0.1, 0.15) is 46.0 Å². The van der Waals surface area contributed by atoms with E-state index in [4.69, 9.17) is 0 Å². The third kappa shape index (κ3) is 5.47. The maximum atomic E-state index is 10.8. The number of hydrogen-bond donors (Lipinski definition) is 0. The van der Waals surface area contributed by atoms with E-state index in [1.54, 1.807) is 0 Å². The lowest BCUT2D eigenvalue weighted by molar-refractivity contribution is -0.770. The maximum absolute atomic E-state index is 10.8. The van der Waals surface area contributed by atoms with Crippen molar-refractivity contribution in [2.75, 3.05) is 6.61 Å². The molecule has 0 bridgehead atoms. The van der Waals surface area contributed by atoms with Gasteiger partial charge in [-0.1, -0.05) is 26.2 Å². The van der Waals surface area contributed by atoms with E-state index in [-0.39, 0.29) is 0 Å². The van der Waals surface area contributed by atoms with Gasteiger partial charge in [-0.15, -0.1) is 10.1 Å². The second-order valence-corrected chi connectivity index (χ2v) is 4.06. The summed E-state index contributed by atoms with van der Waals surface area (Å²) < 4.78 is 0. The molecule has 94 valence electrons. The summed E-state index contributed by atoms with van der Waals surface area (Å²) in [6.07, 6.45) is 3.95. The van der Waals surface area contributed by atoms with E-state index in [2.05, 4.69) is 4.84 Å². The van der Waals surface area contributed by atoms with Crippen molar-refractivity contribution in [3.05, 3.63) is 20.2 Å². The minimum Gasteiger partial charge on any atom is -0.306 e. The Morgan fingerprint density at radius 3 is 2.25 bits per heavy atom. The SMILES string of the molecule is CCCCCCC(C)(CO[N+](=O)[O-])[N+](=O)[O-]. The van der Waals surface area contributed by atoms with Gasteiger partial charge in [-0.25, -0.2) is 0 Å². The van der Waals surface area contributed by atoms with Crippen LogP contribution < -0.4 is 0 Å². The summed E-state index contributed by atoms with van der Waals surface area (Å²) in [6, 6.07) is 0. The van der Waals surface area contributed by atoms with E-state index in [0.717, 1.165) is 19.3 Å². The van der Waals surface area contributed by atoms with Gasteiger partial charge in [-0.05, 0) is 6.42 Å². The van der Waals surface area contributed by atoms with Gasteiger partial charge in [0.25, 0.3) is 5.09 Å². The van der Waals surface area contributed by atoms with Gasteiger partial charge in [0.05, 0.1) is 0 Å². The third-order valence-corrected chi connectivity index (χ3v) is 2.49. The minimum atomic E-state index is -1.36. The normalized spacial score (nSPS) is 14.1. The van der Waals surface area contributed by atoms with Gasteiger partial charge in [0.2, 0.25) is 5.54 Å². The van der Waals surface area contributed by atoms with Gasteiger partial charge in [0.1, 0.15) is 0 Å². The largest absolute Gasteiger partial charge is 0.306 e. The molecule has 0 amide bonds. The monoisotopic (exact) mass is 234 g/mol. The van der Waals surface area contributed by atoms with Crippen LogP contribution in [-0.2, 0) is 4.84 Å². The van der Waals surface area contributed by atoms with Crippen molar-refractivity contribution < 1.29 is 14.8 Å². The first-order valence-corrected chi connectivity index (χ1v) is 5.34. The maximum Gasteiger partial charge on any atom is 0.294 e. The van der Waals surface area contributed by atoms with Crippen molar-refractivity contribution >= 4 is 0 Å². The van der Waals surface area contributed by atoms with Crippen molar-refractivity contribution in [3.63, 3.8) is 0 Å². The number of unbranched alkanes of at least 4 members (excludes halogenated alkanes) is 3. The van der Waals surface area contributed by atoms with Crippen LogP contribution in [0, 0.1) is 20.2 Å². The highest BCUT2D eigenvalue weighted by molar-refractivity contribution is 4.72. The molecule has 0 heterocycles. The predicted octanol–water partition coefficient (Wildman–Crippen LogP) is 2.20. The quantitative estimate of drug-likeness (QED) is 0.346. The van der Waals surface area contributed by atoms with Crippen LogP contribution in [0.25, 0.3) is 0 Å². The summed E-state index contributed by atoms with van der Waals surface area (Å²) in [5.41, 5.74) is -1.36. The number of rotatable bonds is 9. The fraction of sp³-hybridized carbons (Fsp3) is 1.00. The van der Waals surface area contributed by atoms with Crippen molar-refractivity contribution in [2.45, 2.75) is 51.5 Å². The Morgan fingerprint density at radius 1 is 1.19 bits per heavy atom. The van der Waals surface area contributed by atoms with Gasteiger partial charge in [0, 0.05) is 18.3 Å². The Balaban J connectivity index is 4.12. The van der Waals surface area contributed by atoms with Crippen LogP contribution in [0.15, 0.2) is 0 Å². The molecular weight excluding hydrogens is 216 g/mol. The lowest BCUT2D eigenvalue weighted by Gasteiger charge is -2.19. The molecule has 0 aliphatic rings. The molecule has 0 fully saturated rings. The summed E-state index contributed by atoms with van der Waals surface area (Å²) in [6.45, 7) is 2.93. The Morgan fingerprint density at radius 2 is 1.81 bits per heavy atom. The molecule has 7 nitrogen and oxygen atoms in total. The molecule has 0 rings (SSSR count). The highest BCUT2D eigenvalue weighted by atomic mass is 17.0. The first-order chi connectivity index (χ1) is 7.42. The molecule has 0 aromatic rings. The molecule has 0 aliphatic heterocycles. The van der Waals surface area contributed by atoms with E-state index in [0.29, 0.717) is 12.8 Å². The van der Waals surface area contributed by atoms with E-state index in [9.17, 15) is 20.2 Å². The van der Waals surface area contributed by atoms with Crippen molar-refractivity contribution in [1.82, 2.24) is 0 Å². The van der Waals surface area contributed by atoms with Crippen LogP contribution >= 0.6 is 0 Å². The molecule has 0 spiro atoms. The zero-order chi connectivity index (χ0) is 12.6. The zero-order valence-corrected chi connectivity index (χ0v) is 9.68. The molecule has 0 radical (unpaired) electrons. The summed E-state index contributed by atoms with van der Waals surface area (Å²) in [5.74, 6) is 0. The summed E-state index contributed by atoms with van der Waals surface area (Å²) in [7, 11) is 0. The van der Waals surface area contributed by atoms with Crippen molar-refractivity contribution in [3.8, 4) is 0 Å². The van der Waals surface area contributed by atoms with Crippen LogP contribution in [0.4, 0.5) is 0 Å². The number of hydrogen-bond acceptors (Lipinski definition) is 5. The molecule has 7 heteroatoms. The van der Waals surface area contributed by atoms with Gasteiger partial charge >= 0.3 is 0 Å². The molecule has 0 N–H and O–H groups in total. The topological polar surface area (TPSA) is 95.5 Å². The van der Waals surface area contributed by atoms with Crippen LogP contribution in [0.5, 0.6) is 0 Å². The van der Waals surface area contributed by atoms with Gasteiger partial charge in [0.15, 0.2) is 6.61 Å². The summed E-state index contributed by atoms with van der Waals surface area (Å²) in [5, 5.41) is 19.8. The summed E-state index contributed by atoms with van der Waals surface area (Å²) in [4.78, 5) is 24.4. The summed E-state index contributed by atoms with van der Waals surface area (Å²) >= 11 is 0. The van der Waals surface area contributed by atoms with Gasteiger partial charge in [-0.2, -0.15) is 0 Å². The first kappa shape index (κ1) is 14.6. The highest BCUT2D eigenvalue weighted by Gasteiger charge is 2.37. The molecule has 0 aromatic heterocycles. The Labute approximate surface area is 94.0 Å². The molecule has 0 aromatic carbocycles.